The zero-order valence-electron chi connectivity index (χ0n) is 11.2. The van der Waals surface area contributed by atoms with E-state index >= 15 is 0 Å². The Morgan fingerprint density at radius 3 is 2.95 bits per heavy atom. The van der Waals surface area contributed by atoms with Crippen molar-refractivity contribution in [2.45, 2.75) is 25.8 Å². The molecule has 2 heterocycles. The van der Waals surface area contributed by atoms with Crippen LogP contribution in [0.15, 0.2) is 41.1 Å². The molecule has 0 saturated heterocycles. The van der Waals surface area contributed by atoms with Crippen LogP contribution < -0.4 is 5.32 Å². The fraction of sp³-hybridized carbons (Fsp3) is 0.267. The minimum atomic E-state index is -0.235. The number of pyridine rings is 1. The second-order valence-electron chi connectivity index (χ2n) is 4.54. The third kappa shape index (κ3) is 3.69. The van der Waals surface area contributed by atoms with Gasteiger partial charge in [-0.2, -0.15) is 5.26 Å². The van der Waals surface area contributed by atoms with Gasteiger partial charge in [-0.25, -0.2) is 4.98 Å². The lowest BCUT2D eigenvalue weighted by Gasteiger charge is -2.12. The summed E-state index contributed by atoms with van der Waals surface area (Å²) in [6.07, 6.45) is 4.59. The van der Waals surface area contributed by atoms with E-state index in [1.54, 1.807) is 18.4 Å². The van der Waals surface area contributed by atoms with E-state index in [2.05, 4.69) is 10.3 Å². The molecule has 1 N–H and O–H groups in total. The molecule has 0 spiro atoms. The molecule has 0 aromatic carbocycles. The number of aryl methyl sites for hydroxylation is 1. The molecule has 20 heavy (non-hydrogen) atoms. The van der Waals surface area contributed by atoms with Crippen LogP contribution in [-0.4, -0.2) is 16.9 Å². The molecule has 1 unspecified atom stereocenters. The van der Waals surface area contributed by atoms with Crippen LogP contribution in [-0.2, 0) is 6.42 Å². The smallest absolute Gasteiger partial charge is 0.270 e. The molecular formula is C15H15N3O2. The van der Waals surface area contributed by atoms with Crippen LogP contribution in [0.5, 0.6) is 0 Å². The summed E-state index contributed by atoms with van der Waals surface area (Å²) in [5.74, 6) is 0.670. The van der Waals surface area contributed by atoms with Gasteiger partial charge in [0.2, 0.25) is 0 Å². The molecule has 5 nitrogen and oxygen atoms in total. The minimum absolute atomic E-state index is 0.0186. The van der Waals surface area contributed by atoms with Crippen molar-refractivity contribution >= 4 is 5.91 Å². The number of amides is 1. The van der Waals surface area contributed by atoms with Crippen LogP contribution in [0, 0.1) is 11.3 Å². The van der Waals surface area contributed by atoms with Crippen LogP contribution in [0.1, 0.15) is 35.2 Å². The number of carbonyl (C=O) groups is 1. The highest BCUT2D eigenvalue weighted by Crippen LogP contribution is 2.06. The zero-order chi connectivity index (χ0) is 14.4. The van der Waals surface area contributed by atoms with Crippen LogP contribution in [0.3, 0.4) is 0 Å². The first-order valence-electron chi connectivity index (χ1n) is 6.38. The largest absolute Gasteiger partial charge is 0.469 e. The number of rotatable bonds is 5. The first-order valence-corrected chi connectivity index (χ1v) is 6.38. The summed E-state index contributed by atoms with van der Waals surface area (Å²) >= 11 is 0. The number of hydrogen-bond donors (Lipinski definition) is 1. The number of nitriles is 1. The Labute approximate surface area is 117 Å². The number of hydrogen-bond acceptors (Lipinski definition) is 4. The van der Waals surface area contributed by atoms with Crippen molar-refractivity contribution in [3.05, 3.63) is 53.7 Å². The quantitative estimate of drug-likeness (QED) is 0.903. The van der Waals surface area contributed by atoms with E-state index < -0.39 is 0 Å². The average Bonchev–Trinajstić information content (AvgIpc) is 2.98. The van der Waals surface area contributed by atoms with Crippen molar-refractivity contribution in [1.29, 1.82) is 5.26 Å². The lowest BCUT2D eigenvalue weighted by molar-refractivity contribution is 0.0933. The maximum Gasteiger partial charge on any atom is 0.270 e. The summed E-state index contributed by atoms with van der Waals surface area (Å²) in [6.45, 7) is 1.94. The van der Waals surface area contributed by atoms with Gasteiger partial charge in [0, 0.05) is 18.7 Å². The van der Waals surface area contributed by atoms with Crippen molar-refractivity contribution in [2.24, 2.45) is 0 Å². The maximum absolute atomic E-state index is 11.9. The molecule has 5 heteroatoms. The minimum Gasteiger partial charge on any atom is -0.469 e. The molecule has 2 aromatic rings. The number of carbonyl (C=O) groups excluding carboxylic acids is 1. The van der Waals surface area contributed by atoms with Gasteiger partial charge >= 0.3 is 0 Å². The van der Waals surface area contributed by atoms with E-state index in [9.17, 15) is 4.79 Å². The third-order valence-corrected chi connectivity index (χ3v) is 2.91. The molecule has 1 atom stereocenters. The molecule has 0 bridgehead atoms. The van der Waals surface area contributed by atoms with E-state index in [1.165, 1.54) is 6.20 Å². The lowest BCUT2D eigenvalue weighted by atomic mass is 10.1. The number of aromatic nitrogens is 1. The van der Waals surface area contributed by atoms with Crippen LogP contribution >= 0.6 is 0 Å². The van der Waals surface area contributed by atoms with Crippen molar-refractivity contribution in [2.75, 3.05) is 0 Å². The maximum atomic E-state index is 11.9. The SMILES string of the molecule is CC(CCc1ccco1)NC(=O)c1ccc(C#N)cn1. The van der Waals surface area contributed by atoms with Gasteiger partial charge in [-0.05, 0) is 37.6 Å². The molecule has 2 rings (SSSR count). The second kappa shape index (κ2) is 6.53. The Balaban J connectivity index is 1.85. The average molecular weight is 269 g/mol. The van der Waals surface area contributed by atoms with Crippen LogP contribution in [0.4, 0.5) is 0 Å². The van der Waals surface area contributed by atoms with Crippen LogP contribution in [0.2, 0.25) is 0 Å². The van der Waals surface area contributed by atoms with Gasteiger partial charge in [-0.1, -0.05) is 0 Å². The van der Waals surface area contributed by atoms with E-state index in [0.29, 0.717) is 11.3 Å². The molecule has 0 radical (unpaired) electrons. The van der Waals surface area contributed by atoms with Crippen molar-refractivity contribution in [3.8, 4) is 6.07 Å². The third-order valence-electron chi connectivity index (χ3n) is 2.91. The monoisotopic (exact) mass is 269 g/mol. The standard InChI is InChI=1S/C15H15N3O2/c1-11(4-6-13-3-2-8-20-13)18-15(19)14-7-5-12(9-16)10-17-14/h2-3,5,7-8,10-11H,4,6H2,1H3,(H,18,19). The van der Waals surface area contributed by atoms with Crippen molar-refractivity contribution in [1.82, 2.24) is 10.3 Å². The summed E-state index contributed by atoms with van der Waals surface area (Å²) in [5, 5.41) is 11.5. The zero-order valence-corrected chi connectivity index (χ0v) is 11.2. The molecule has 0 saturated carbocycles. The highest BCUT2D eigenvalue weighted by molar-refractivity contribution is 5.92. The van der Waals surface area contributed by atoms with Gasteiger partial charge in [0.05, 0.1) is 11.8 Å². The van der Waals surface area contributed by atoms with Crippen molar-refractivity contribution < 1.29 is 9.21 Å². The topological polar surface area (TPSA) is 78.9 Å². The second-order valence-corrected chi connectivity index (χ2v) is 4.54. The fourth-order valence-corrected chi connectivity index (χ4v) is 1.78. The van der Waals surface area contributed by atoms with Gasteiger partial charge in [-0.15, -0.1) is 0 Å². The van der Waals surface area contributed by atoms with E-state index in [-0.39, 0.29) is 11.9 Å². The predicted octanol–water partition coefficient (Wildman–Crippen LogP) is 2.30. The summed E-state index contributed by atoms with van der Waals surface area (Å²) in [6, 6.07) is 8.87. The Kier molecular flexibility index (Phi) is 4.51. The summed E-state index contributed by atoms with van der Waals surface area (Å²) in [4.78, 5) is 15.9. The number of nitrogens with zero attached hydrogens (tertiary/aromatic N) is 2. The first kappa shape index (κ1) is 13.8. The fourth-order valence-electron chi connectivity index (χ4n) is 1.78. The summed E-state index contributed by atoms with van der Waals surface area (Å²) in [7, 11) is 0. The molecule has 1 amide bonds. The van der Waals surface area contributed by atoms with Crippen molar-refractivity contribution in [3.63, 3.8) is 0 Å². The highest BCUT2D eigenvalue weighted by Gasteiger charge is 2.11. The van der Waals surface area contributed by atoms with E-state index in [1.807, 2.05) is 25.1 Å². The lowest BCUT2D eigenvalue weighted by Crippen LogP contribution is -2.33. The summed E-state index contributed by atoms with van der Waals surface area (Å²) < 4.78 is 5.24. The summed E-state index contributed by atoms with van der Waals surface area (Å²) in [5.41, 5.74) is 0.751. The van der Waals surface area contributed by atoms with Gasteiger partial charge in [0.1, 0.15) is 17.5 Å². The first-order chi connectivity index (χ1) is 9.69. The Bertz CT molecular complexity index is 597. The molecule has 0 aliphatic carbocycles. The Hall–Kier alpha value is -2.61. The van der Waals surface area contributed by atoms with E-state index in [0.717, 1.165) is 18.6 Å². The Morgan fingerprint density at radius 1 is 1.50 bits per heavy atom. The van der Waals surface area contributed by atoms with E-state index in [4.69, 9.17) is 9.68 Å². The van der Waals surface area contributed by atoms with Gasteiger partial charge in [0.25, 0.3) is 5.91 Å². The normalized spacial score (nSPS) is 11.6. The molecule has 0 aliphatic rings. The molecule has 0 aliphatic heterocycles. The van der Waals surface area contributed by atoms with Gasteiger partial charge < -0.3 is 9.73 Å². The molecular weight excluding hydrogens is 254 g/mol. The highest BCUT2D eigenvalue weighted by atomic mass is 16.3. The molecule has 0 fully saturated rings. The van der Waals surface area contributed by atoms with Crippen LogP contribution in [0.25, 0.3) is 0 Å². The van der Waals surface area contributed by atoms with Gasteiger partial charge in [-0.3, -0.25) is 4.79 Å². The Morgan fingerprint density at radius 2 is 2.35 bits per heavy atom. The van der Waals surface area contributed by atoms with Gasteiger partial charge in [0.15, 0.2) is 0 Å². The molecule has 2 aromatic heterocycles. The molecule has 102 valence electrons. The predicted molar refractivity (Wildman–Crippen MR) is 72.9 cm³/mol. The number of nitrogens with one attached hydrogen (secondary N) is 1. The number of furan rings is 1.